The van der Waals surface area contributed by atoms with Crippen molar-refractivity contribution in [2.45, 2.75) is 52.4 Å². The Kier molecular flexibility index (Phi) is 8.11. The third-order valence-electron chi connectivity index (χ3n) is 5.54. The number of amides is 2. The van der Waals surface area contributed by atoms with Crippen molar-refractivity contribution in [3.05, 3.63) is 16.0 Å². The second kappa shape index (κ2) is 10.8. The summed E-state index contributed by atoms with van der Waals surface area (Å²) in [6, 6.07) is 2.31. The highest BCUT2D eigenvalue weighted by molar-refractivity contribution is 7.16. The van der Waals surface area contributed by atoms with Gasteiger partial charge in [-0.3, -0.25) is 9.69 Å². The minimum absolute atomic E-state index is 0.0984. The maximum atomic E-state index is 12.7. The van der Waals surface area contributed by atoms with E-state index in [9.17, 15) is 14.9 Å². The van der Waals surface area contributed by atoms with E-state index in [0.717, 1.165) is 44.2 Å². The molecule has 164 valence electrons. The molecule has 1 aromatic rings. The van der Waals surface area contributed by atoms with Gasteiger partial charge in [0.2, 0.25) is 5.91 Å². The molecule has 1 aliphatic carbocycles. The van der Waals surface area contributed by atoms with Crippen molar-refractivity contribution in [2.24, 2.45) is 5.92 Å². The first-order valence-electron chi connectivity index (χ1n) is 11.0. The van der Waals surface area contributed by atoms with E-state index in [1.54, 1.807) is 16.2 Å². The van der Waals surface area contributed by atoms with Gasteiger partial charge in [0.25, 0.3) is 0 Å². The number of aryl methyl sites for hydroxylation is 1. The molecule has 8 heteroatoms. The van der Waals surface area contributed by atoms with Crippen molar-refractivity contribution < 1.29 is 14.3 Å². The normalized spacial score (nSPS) is 17.6. The number of hydrogen-bond donors (Lipinski definition) is 1. The summed E-state index contributed by atoms with van der Waals surface area (Å²) in [7, 11) is 0. The summed E-state index contributed by atoms with van der Waals surface area (Å²) in [6.45, 7) is 7.31. The zero-order valence-corrected chi connectivity index (χ0v) is 18.9. The molecule has 1 fully saturated rings. The summed E-state index contributed by atoms with van der Waals surface area (Å²) in [5.41, 5.74) is 1.79. The fraction of sp³-hybridized carbons (Fsp3) is 0.682. The first-order chi connectivity index (χ1) is 14.5. The fourth-order valence-corrected chi connectivity index (χ4v) is 5.21. The van der Waals surface area contributed by atoms with Gasteiger partial charge in [-0.05, 0) is 43.6 Å². The molecule has 0 radical (unpaired) electrons. The Morgan fingerprint density at radius 2 is 1.93 bits per heavy atom. The molecule has 2 amide bonds. The van der Waals surface area contributed by atoms with Crippen LogP contribution in [0.1, 0.15) is 55.5 Å². The van der Waals surface area contributed by atoms with Crippen molar-refractivity contribution in [1.29, 1.82) is 5.26 Å². The van der Waals surface area contributed by atoms with Gasteiger partial charge in [0.1, 0.15) is 11.1 Å². The predicted octanol–water partition coefficient (Wildman–Crippen LogP) is 3.63. The van der Waals surface area contributed by atoms with Crippen molar-refractivity contribution in [1.82, 2.24) is 9.80 Å². The van der Waals surface area contributed by atoms with Crippen LogP contribution in [0.4, 0.5) is 9.80 Å². The molecule has 0 atom stereocenters. The molecule has 0 bridgehead atoms. The molecule has 1 aliphatic heterocycles. The van der Waals surface area contributed by atoms with Crippen molar-refractivity contribution in [3.8, 4) is 6.07 Å². The van der Waals surface area contributed by atoms with Crippen LogP contribution in [0.3, 0.4) is 0 Å². The molecule has 0 aromatic carbocycles. The SMILES string of the molecule is CC(C)COC(=O)N1CCCN(CC(=O)Nc2sc3c(c2C#N)CCCCC3)CC1. The molecule has 1 saturated heterocycles. The predicted molar refractivity (Wildman–Crippen MR) is 118 cm³/mol. The van der Waals surface area contributed by atoms with Crippen LogP contribution in [-0.4, -0.2) is 61.1 Å². The average molecular weight is 433 g/mol. The van der Waals surface area contributed by atoms with E-state index >= 15 is 0 Å². The standard InChI is InChI=1S/C22H32N4O3S/c1-16(2)15-29-22(28)26-10-6-9-25(11-12-26)14-20(27)24-21-18(13-23)17-7-4-3-5-8-19(17)30-21/h16H,3-12,14-15H2,1-2H3,(H,24,27). The summed E-state index contributed by atoms with van der Waals surface area (Å²) >= 11 is 1.56. The molecule has 0 unspecified atom stereocenters. The van der Waals surface area contributed by atoms with Crippen LogP contribution in [0, 0.1) is 17.2 Å². The van der Waals surface area contributed by atoms with Gasteiger partial charge in [-0.2, -0.15) is 5.26 Å². The lowest BCUT2D eigenvalue weighted by molar-refractivity contribution is -0.117. The van der Waals surface area contributed by atoms with Gasteiger partial charge in [-0.1, -0.05) is 20.3 Å². The number of thiophene rings is 1. The van der Waals surface area contributed by atoms with Crippen LogP contribution in [0.2, 0.25) is 0 Å². The van der Waals surface area contributed by atoms with Crippen molar-refractivity contribution in [3.63, 3.8) is 0 Å². The highest BCUT2D eigenvalue weighted by Gasteiger charge is 2.24. The van der Waals surface area contributed by atoms with Crippen LogP contribution in [0.5, 0.6) is 0 Å². The third-order valence-corrected chi connectivity index (χ3v) is 6.75. The van der Waals surface area contributed by atoms with E-state index in [1.807, 2.05) is 13.8 Å². The monoisotopic (exact) mass is 432 g/mol. The number of ether oxygens (including phenoxy) is 1. The Morgan fingerprint density at radius 1 is 1.13 bits per heavy atom. The molecule has 7 nitrogen and oxygen atoms in total. The highest BCUT2D eigenvalue weighted by atomic mass is 32.1. The lowest BCUT2D eigenvalue weighted by Gasteiger charge is -2.21. The van der Waals surface area contributed by atoms with Gasteiger partial charge in [0.05, 0.1) is 18.7 Å². The second-order valence-corrected chi connectivity index (χ2v) is 9.62. The molecular weight excluding hydrogens is 400 g/mol. The van der Waals surface area contributed by atoms with Gasteiger partial charge < -0.3 is 15.0 Å². The number of fused-ring (bicyclic) bond motifs is 1. The van der Waals surface area contributed by atoms with Gasteiger partial charge in [0, 0.05) is 31.1 Å². The minimum Gasteiger partial charge on any atom is -0.449 e. The number of hydrogen-bond acceptors (Lipinski definition) is 6. The van der Waals surface area contributed by atoms with Crippen molar-refractivity contribution >= 4 is 28.3 Å². The van der Waals surface area contributed by atoms with Crippen LogP contribution in [0.15, 0.2) is 0 Å². The number of anilines is 1. The van der Waals surface area contributed by atoms with E-state index in [4.69, 9.17) is 4.74 Å². The molecule has 1 aromatic heterocycles. The Morgan fingerprint density at radius 3 is 2.70 bits per heavy atom. The topological polar surface area (TPSA) is 85.7 Å². The summed E-state index contributed by atoms with van der Waals surface area (Å²) in [4.78, 5) is 29.9. The molecule has 0 spiro atoms. The van der Waals surface area contributed by atoms with Crippen LogP contribution in [-0.2, 0) is 22.4 Å². The fourth-order valence-electron chi connectivity index (χ4n) is 3.96. The Hall–Kier alpha value is -2.11. The zero-order valence-electron chi connectivity index (χ0n) is 18.0. The summed E-state index contributed by atoms with van der Waals surface area (Å²) in [5.74, 6) is 0.213. The number of rotatable bonds is 5. The Balaban J connectivity index is 1.53. The molecule has 0 saturated carbocycles. The lowest BCUT2D eigenvalue weighted by atomic mass is 10.1. The molecular formula is C22H32N4O3S. The van der Waals surface area contributed by atoms with Gasteiger partial charge in [-0.15, -0.1) is 11.3 Å². The first kappa shape index (κ1) is 22.6. The lowest BCUT2D eigenvalue weighted by Crippen LogP contribution is -2.38. The van der Waals surface area contributed by atoms with E-state index in [-0.39, 0.29) is 18.5 Å². The number of nitrogens with one attached hydrogen (secondary N) is 1. The summed E-state index contributed by atoms with van der Waals surface area (Å²) in [6.07, 6.45) is 5.92. The van der Waals surface area contributed by atoms with Crippen LogP contribution in [0.25, 0.3) is 0 Å². The highest BCUT2D eigenvalue weighted by Crippen LogP contribution is 2.36. The zero-order chi connectivity index (χ0) is 21.5. The largest absolute Gasteiger partial charge is 0.449 e. The van der Waals surface area contributed by atoms with Gasteiger partial charge in [-0.25, -0.2) is 4.79 Å². The third kappa shape index (κ3) is 5.96. The van der Waals surface area contributed by atoms with Crippen LogP contribution >= 0.6 is 11.3 Å². The Labute approximate surface area is 183 Å². The minimum atomic E-state index is -0.270. The maximum absolute atomic E-state index is 12.7. The van der Waals surface area contributed by atoms with E-state index in [1.165, 1.54) is 11.3 Å². The van der Waals surface area contributed by atoms with Gasteiger partial charge in [0.15, 0.2) is 0 Å². The van der Waals surface area contributed by atoms with Crippen molar-refractivity contribution in [2.75, 3.05) is 44.6 Å². The first-order valence-corrected chi connectivity index (χ1v) is 11.8. The van der Waals surface area contributed by atoms with E-state index in [0.29, 0.717) is 42.7 Å². The molecule has 3 rings (SSSR count). The number of carbonyl (C=O) groups is 2. The number of nitriles is 1. The summed E-state index contributed by atoms with van der Waals surface area (Å²) < 4.78 is 5.33. The molecule has 2 heterocycles. The quantitative estimate of drug-likeness (QED) is 0.718. The second-order valence-electron chi connectivity index (χ2n) is 8.52. The van der Waals surface area contributed by atoms with Gasteiger partial charge >= 0.3 is 6.09 Å². The molecule has 2 aliphatic rings. The Bertz CT molecular complexity index is 799. The van der Waals surface area contributed by atoms with Crippen LogP contribution < -0.4 is 5.32 Å². The maximum Gasteiger partial charge on any atom is 0.409 e. The smallest absolute Gasteiger partial charge is 0.409 e. The number of nitrogens with zero attached hydrogens (tertiary/aromatic N) is 3. The molecule has 1 N–H and O–H groups in total. The summed E-state index contributed by atoms with van der Waals surface area (Å²) in [5, 5.41) is 13.3. The van der Waals surface area contributed by atoms with E-state index < -0.39 is 0 Å². The number of carbonyl (C=O) groups excluding carboxylic acids is 2. The van der Waals surface area contributed by atoms with E-state index in [2.05, 4.69) is 16.3 Å². The molecule has 30 heavy (non-hydrogen) atoms. The average Bonchev–Trinajstić information content (AvgIpc) is 2.90.